The van der Waals surface area contributed by atoms with Gasteiger partial charge in [0.25, 0.3) is 5.78 Å². The number of thiazole rings is 1. The van der Waals surface area contributed by atoms with Crippen LogP contribution in [0.3, 0.4) is 0 Å². The number of aliphatic hydroxyl groups is 1. The molecule has 2 aliphatic heterocycles. The van der Waals surface area contributed by atoms with E-state index in [4.69, 9.17) is 14.2 Å². The summed E-state index contributed by atoms with van der Waals surface area (Å²) >= 11 is 0.949. The fourth-order valence-electron chi connectivity index (χ4n) is 4.78. The van der Waals surface area contributed by atoms with E-state index in [0.717, 1.165) is 22.6 Å². The molecule has 3 heterocycles. The molecule has 1 aromatic heterocycles. The van der Waals surface area contributed by atoms with Crippen molar-refractivity contribution in [1.82, 2.24) is 4.98 Å². The van der Waals surface area contributed by atoms with Gasteiger partial charge >= 0.3 is 11.9 Å². The fraction of sp³-hybridized carbons (Fsp3) is 0.286. The van der Waals surface area contributed by atoms with Crippen LogP contribution in [0.15, 0.2) is 48.0 Å². The normalized spacial score (nSPS) is 19.8. The molecular weight excluding hydrogens is 508 g/mol. The number of amides is 1. The first-order valence-electron chi connectivity index (χ1n) is 12.1. The number of esters is 1. The molecule has 1 amide bonds. The molecule has 0 saturated carbocycles. The molecular formula is C28H26N2O7S. The quantitative estimate of drug-likeness (QED) is 0.211. The number of carbonyl (C=O) groups excluding carboxylic acids is 3. The van der Waals surface area contributed by atoms with Gasteiger partial charge in [-0.25, -0.2) is 9.78 Å². The molecule has 0 unspecified atom stereocenters. The van der Waals surface area contributed by atoms with Crippen LogP contribution in [-0.2, 0) is 20.7 Å². The molecule has 5 rings (SSSR count). The van der Waals surface area contributed by atoms with Gasteiger partial charge in [0.2, 0.25) is 0 Å². The number of carbonyl (C=O) groups is 3. The van der Waals surface area contributed by atoms with Gasteiger partial charge in [-0.15, -0.1) is 0 Å². The van der Waals surface area contributed by atoms with Crippen molar-refractivity contribution < 1.29 is 33.7 Å². The lowest BCUT2D eigenvalue weighted by Gasteiger charge is -2.23. The molecule has 38 heavy (non-hydrogen) atoms. The monoisotopic (exact) mass is 534 g/mol. The van der Waals surface area contributed by atoms with E-state index in [-0.39, 0.29) is 27.4 Å². The lowest BCUT2D eigenvalue weighted by atomic mass is 9.94. The number of ketones is 1. The average molecular weight is 535 g/mol. The third kappa shape index (κ3) is 4.30. The number of aliphatic hydroxyl groups excluding tert-OH is 1. The van der Waals surface area contributed by atoms with E-state index in [2.05, 4.69) is 4.98 Å². The average Bonchev–Trinajstić information content (AvgIpc) is 3.55. The highest BCUT2D eigenvalue weighted by Gasteiger charge is 2.48. The molecule has 0 radical (unpaired) electrons. The van der Waals surface area contributed by atoms with Gasteiger partial charge in [0, 0.05) is 12.0 Å². The molecule has 0 spiro atoms. The summed E-state index contributed by atoms with van der Waals surface area (Å²) in [6.45, 7) is 5.85. The Hall–Kier alpha value is -4.18. The highest BCUT2D eigenvalue weighted by molar-refractivity contribution is 7.17. The third-order valence-electron chi connectivity index (χ3n) is 6.46. The van der Waals surface area contributed by atoms with E-state index in [1.807, 2.05) is 13.8 Å². The van der Waals surface area contributed by atoms with Crippen LogP contribution in [0.2, 0.25) is 0 Å². The molecule has 2 atom stereocenters. The molecule has 2 aromatic carbocycles. The van der Waals surface area contributed by atoms with Crippen LogP contribution in [0, 0.1) is 6.92 Å². The van der Waals surface area contributed by atoms with Crippen molar-refractivity contribution in [3.05, 3.63) is 75.3 Å². The second-order valence-electron chi connectivity index (χ2n) is 9.03. The Bertz CT molecular complexity index is 1490. The second kappa shape index (κ2) is 9.94. The molecule has 196 valence electrons. The SMILES string of the molecule is CCOc1cccc([C@@H]2C(=C(O)c3ccc4c(c3)C[C@@H](C)O4)C(=O)C(=O)N2c2nc(C)c(C(=O)OC)s2)c1. The van der Waals surface area contributed by atoms with E-state index < -0.39 is 23.7 Å². The van der Waals surface area contributed by atoms with E-state index in [1.165, 1.54) is 12.0 Å². The number of nitrogens with zero attached hydrogens (tertiary/aromatic N) is 2. The Kier molecular flexibility index (Phi) is 6.66. The lowest BCUT2D eigenvalue weighted by molar-refractivity contribution is -0.132. The van der Waals surface area contributed by atoms with Gasteiger partial charge in [0.05, 0.1) is 31.0 Å². The standard InChI is InChI=1S/C28H26N2O7S/c1-5-36-19-8-6-7-16(13-19)22-21(23(31)17-9-10-20-18(12-17)11-14(2)37-20)24(32)26(33)30(22)28-29-15(3)25(38-28)27(34)35-4/h6-10,12-14,22,31H,5,11H2,1-4H3/t14-,22-/m1/s1. The van der Waals surface area contributed by atoms with Crippen molar-refractivity contribution >= 4 is 39.9 Å². The Morgan fingerprint density at radius 1 is 1.24 bits per heavy atom. The molecule has 1 saturated heterocycles. The van der Waals surface area contributed by atoms with Gasteiger partial charge in [0.1, 0.15) is 28.2 Å². The highest BCUT2D eigenvalue weighted by Crippen LogP contribution is 2.45. The Balaban J connectivity index is 1.69. The number of hydrogen-bond acceptors (Lipinski definition) is 9. The maximum atomic E-state index is 13.5. The minimum atomic E-state index is -1.00. The predicted molar refractivity (Wildman–Crippen MR) is 141 cm³/mol. The van der Waals surface area contributed by atoms with Crippen molar-refractivity contribution in [2.45, 2.75) is 39.3 Å². The van der Waals surface area contributed by atoms with Gasteiger partial charge in [-0.05, 0) is 62.2 Å². The second-order valence-corrected chi connectivity index (χ2v) is 10.0. The van der Waals surface area contributed by atoms with E-state index >= 15 is 0 Å². The number of rotatable bonds is 6. The lowest BCUT2D eigenvalue weighted by Crippen LogP contribution is -2.29. The van der Waals surface area contributed by atoms with Crippen LogP contribution in [0.25, 0.3) is 5.76 Å². The molecule has 10 heteroatoms. The third-order valence-corrected chi connectivity index (χ3v) is 7.60. The predicted octanol–water partition coefficient (Wildman–Crippen LogP) is 4.59. The first-order chi connectivity index (χ1) is 18.2. The van der Waals surface area contributed by atoms with Gasteiger partial charge in [-0.1, -0.05) is 23.5 Å². The zero-order valence-corrected chi connectivity index (χ0v) is 22.1. The molecule has 9 nitrogen and oxygen atoms in total. The maximum absolute atomic E-state index is 13.5. The van der Waals surface area contributed by atoms with Crippen LogP contribution >= 0.6 is 11.3 Å². The van der Waals surface area contributed by atoms with Crippen LogP contribution in [-0.4, -0.2) is 47.6 Å². The Morgan fingerprint density at radius 3 is 2.76 bits per heavy atom. The number of hydrogen-bond donors (Lipinski definition) is 1. The zero-order valence-electron chi connectivity index (χ0n) is 21.3. The van der Waals surface area contributed by atoms with Crippen molar-refractivity contribution in [2.75, 3.05) is 18.6 Å². The first kappa shape index (κ1) is 25.5. The molecule has 0 bridgehead atoms. The molecule has 0 aliphatic carbocycles. The number of ether oxygens (including phenoxy) is 3. The Morgan fingerprint density at radius 2 is 2.03 bits per heavy atom. The van der Waals surface area contributed by atoms with E-state index in [9.17, 15) is 19.5 Å². The maximum Gasteiger partial charge on any atom is 0.350 e. The number of fused-ring (bicyclic) bond motifs is 1. The smallest absolute Gasteiger partial charge is 0.350 e. The van der Waals surface area contributed by atoms with Crippen molar-refractivity contribution in [2.24, 2.45) is 0 Å². The van der Waals surface area contributed by atoms with Crippen molar-refractivity contribution in [1.29, 1.82) is 0 Å². The van der Waals surface area contributed by atoms with Gasteiger partial charge < -0.3 is 19.3 Å². The van der Waals surface area contributed by atoms with Crippen LogP contribution < -0.4 is 14.4 Å². The molecule has 2 aliphatic rings. The number of benzene rings is 2. The minimum Gasteiger partial charge on any atom is -0.507 e. The van der Waals surface area contributed by atoms with Crippen molar-refractivity contribution in [3.63, 3.8) is 0 Å². The summed E-state index contributed by atoms with van der Waals surface area (Å²) in [5, 5.41) is 11.6. The molecule has 1 N–H and O–H groups in total. The number of aromatic nitrogens is 1. The Labute approximate surface area is 223 Å². The van der Waals surface area contributed by atoms with Crippen LogP contribution in [0.5, 0.6) is 11.5 Å². The van der Waals surface area contributed by atoms with Gasteiger partial charge in [-0.3, -0.25) is 14.5 Å². The summed E-state index contributed by atoms with van der Waals surface area (Å²) in [7, 11) is 1.26. The van der Waals surface area contributed by atoms with Gasteiger partial charge in [0.15, 0.2) is 5.13 Å². The largest absolute Gasteiger partial charge is 0.507 e. The summed E-state index contributed by atoms with van der Waals surface area (Å²) in [4.78, 5) is 45.1. The van der Waals surface area contributed by atoms with Crippen LogP contribution in [0.1, 0.15) is 51.9 Å². The van der Waals surface area contributed by atoms with Crippen LogP contribution in [0.4, 0.5) is 5.13 Å². The number of Topliss-reactive ketones (excluding diaryl/α,β-unsaturated/α-hetero) is 1. The highest BCUT2D eigenvalue weighted by atomic mass is 32.1. The number of anilines is 1. The van der Waals surface area contributed by atoms with Crippen molar-refractivity contribution in [3.8, 4) is 11.5 Å². The summed E-state index contributed by atoms with van der Waals surface area (Å²) in [6.07, 6.45) is 0.672. The summed E-state index contributed by atoms with van der Waals surface area (Å²) < 4.78 is 16.3. The summed E-state index contributed by atoms with van der Waals surface area (Å²) in [5.41, 5.74) is 2.14. The first-order valence-corrected chi connectivity index (χ1v) is 12.9. The summed E-state index contributed by atoms with van der Waals surface area (Å²) in [5.74, 6) is -1.34. The van der Waals surface area contributed by atoms with Gasteiger partial charge in [-0.2, -0.15) is 0 Å². The minimum absolute atomic E-state index is 0.00595. The number of methoxy groups -OCH3 is 1. The van der Waals surface area contributed by atoms with E-state index in [0.29, 0.717) is 35.6 Å². The molecule has 3 aromatic rings. The fourth-order valence-corrected chi connectivity index (χ4v) is 5.79. The zero-order chi connectivity index (χ0) is 27.1. The summed E-state index contributed by atoms with van der Waals surface area (Å²) in [6, 6.07) is 11.2. The topological polar surface area (TPSA) is 115 Å². The van der Waals surface area contributed by atoms with E-state index in [1.54, 1.807) is 49.4 Å². The molecule has 1 fully saturated rings. The number of aryl methyl sites for hydroxylation is 1.